The van der Waals surface area contributed by atoms with Gasteiger partial charge in [-0.1, -0.05) is 115 Å². The molecule has 3 nitrogen and oxygen atoms in total. The Morgan fingerprint density at radius 3 is 1.89 bits per heavy atom. The molecule has 0 radical (unpaired) electrons. The van der Waals surface area contributed by atoms with Crippen LogP contribution in [0.5, 0.6) is 0 Å². The first kappa shape index (κ1) is 26.0. The lowest BCUT2D eigenvalue weighted by Gasteiger charge is -2.26. The van der Waals surface area contributed by atoms with Gasteiger partial charge < -0.3 is 13.7 Å². The van der Waals surface area contributed by atoms with Gasteiger partial charge in [-0.3, -0.25) is 0 Å². The highest BCUT2D eigenvalue weighted by molar-refractivity contribution is 6.19. The van der Waals surface area contributed by atoms with Gasteiger partial charge in [0.2, 0.25) is 0 Å². The van der Waals surface area contributed by atoms with Crippen LogP contribution in [0.2, 0.25) is 0 Å². The van der Waals surface area contributed by atoms with Crippen molar-refractivity contribution in [2.45, 2.75) is 0 Å². The topological polar surface area (TPSA) is 29.5 Å². The third-order valence-corrected chi connectivity index (χ3v) is 9.44. The second-order valence-corrected chi connectivity index (χ2v) is 12.1. The van der Waals surface area contributed by atoms with Gasteiger partial charge in [-0.15, -0.1) is 0 Å². The van der Waals surface area contributed by atoms with Crippen LogP contribution in [0.3, 0.4) is 0 Å². The van der Waals surface area contributed by atoms with E-state index in [2.05, 4.69) is 150 Å². The van der Waals surface area contributed by atoms with E-state index >= 15 is 0 Å². The van der Waals surface area contributed by atoms with Gasteiger partial charge >= 0.3 is 0 Å². The Hall–Kier alpha value is -6.32. The Bertz CT molecular complexity index is 2800. The molecule has 2 heterocycles. The maximum atomic E-state index is 6.87. The van der Waals surface area contributed by atoms with Crippen molar-refractivity contribution in [2.24, 2.45) is 0 Å². The number of hydrogen-bond donors (Lipinski definition) is 0. The first-order valence-electron chi connectivity index (χ1n) is 15.9. The molecule has 0 unspecified atom stereocenters. The number of para-hydroxylation sites is 2. The fourth-order valence-corrected chi connectivity index (χ4v) is 7.21. The van der Waals surface area contributed by atoms with E-state index in [1.54, 1.807) is 0 Å². The molecule has 220 valence electrons. The van der Waals surface area contributed by atoms with Crippen molar-refractivity contribution < 1.29 is 8.83 Å². The summed E-state index contributed by atoms with van der Waals surface area (Å²) in [6.07, 6.45) is 0. The van der Waals surface area contributed by atoms with Gasteiger partial charge in [-0.05, 0) is 75.8 Å². The molecular weight excluding hydrogens is 574 g/mol. The predicted molar refractivity (Wildman–Crippen MR) is 196 cm³/mol. The maximum Gasteiger partial charge on any atom is 0.159 e. The summed E-state index contributed by atoms with van der Waals surface area (Å²) in [6.45, 7) is 0. The summed E-state index contributed by atoms with van der Waals surface area (Å²) in [7, 11) is 0. The minimum absolute atomic E-state index is 0.849. The average molecular weight is 602 g/mol. The predicted octanol–water partition coefficient (Wildman–Crippen LogP) is 12.9. The Labute approximate surface area is 270 Å². The standard InChI is InChI=1S/C44H27NO2/c1-2-11-31-27-32(20-19-28(31)9-1)29-21-24-33(25-22-29)45(38-15-8-18-41-42(38)37-13-5-6-17-40(37)46-41)39-16-7-14-35-36-26-23-30-10-3-4-12-34(30)43(36)47-44(35)39/h1-27H. The van der Waals surface area contributed by atoms with Crippen molar-refractivity contribution in [1.29, 1.82) is 0 Å². The molecule has 0 saturated heterocycles. The van der Waals surface area contributed by atoms with Gasteiger partial charge in [0.1, 0.15) is 16.7 Å². The smallest absolute Gasteiger partial charge is 0.159 e. The highest BCUT2D eigenvalue weighted by Crippen LogP contribution is 2.47. The molecule has 10 rings (SSSR count). The van der Waals surface area contributed by atoms with Gasteiger partial charge in [-0.2, -0.15) is 0 Å². The van der Waals surface area contributed by atoms with Gasteiger partial charge in [0.25, 0.3) is 0 Å². The van der Waals surface area contributed by atoms with Gasteiger partial charge in [0.05, 0.1) is 16.8 Å². The van der Waals surface area contributed by atoms with Crippen molar-refractivity contribution >= 4 is 82.5 Å². The summed E-state index contributed by atoms with van der Waals surface area (Å²) in [6, 6.07) is 57.8. The molecule has 10 aromatic rings. The normalized spacial score (nSPS) is 11.8. The second kappa shape index (κ2) is 10.1. The number of benzene rings is 8. The Morgan fingerprint density at radius 2 is 1.00 bits per heavy atom. The van der Waals surface area contributed by atoms with Gasteiger partial charge in [0.15, 0.2) is 5.58 Å². The summed E-state index contributed by atoms with van der Waals surface area (Å²) >= 11 is 0. The van der Waals surface area contributed by atoms with Crippen LogP contribution in [0.25, 0.3) is 76.5 Å². The molecule has 0 aliphatic heterocycles. The third-order valence-electron chi connectivity index (χ3n) is 9.44. The van der Waals surface area contributed by atoms with E-state index in [1.807, 2.05) is 18.2 Å². The molecule has 0 atom stereocenters. The van der Waals surface area contributed by atoms with Crippen LogP contribution in [0, 0.1) is 0 Å². The molecule has 3 heteroatoms. The fraction of sp³-hybridized carbons (Fsp3) is 0. The van der Waals surface area contributed by atoms with Crippen LogP contribution in [0.4, 0.5) is 17.1 Å². The van der Waals surface area contributed by atoms with E-state index < -0.39 is 0 Å². The van der Waals surface area contributed by atoms with Crippen molar-refractivity contribution in [3.63, 3.8) is 0 Å². The zero-order valence-electron chi connectivity index (χ0n) is 25.4. The van der Waals surface area contributed by atoms with Crippen LogP contribution in [-0.2, 0) is 0 Å². The largest absolute Gasteiger partial charge is 0.456 e. The molecule has 0 amide bonds. The lowest BCUT2D eigenvalue weighted by molar-refractivity contribution is 0.668. The molecule has 0 aliphatic carbocycles. The highest BCUT2D eigenvalue weighted by atomic mass is 16.3. The van der Waals surface area contributed by atoms with E-state index in [1.165, 1.54) is 21.9 Å². The Morgan fingerprint density at radius 1 is 0.362 bits per heavy atom. The maximum absolute atomic E-state index is 6.87. The number of nitrogens with zero attached hydrogens (tertiary/aromatic N) is 1. The fourth-order valence-electron chi connectivity index (χ4n) is 7.21. The Kier molecular flexibility index (Phi) is 5.57. The zero-order chi connectivity index (χ0) is 30.9. The lowest BCUT2D eigenvalue weighted by Crippen LogP contribution is -2.10. The summed E-state index contributed by atoms with van der Waals surface area (Å²) < 4.78 is 13.2. The zero-order valence-corrected chi connectivity index (χ0v) is 25.4. The van der Waals surface area contributed by atoms with Gasteiger partial charge in [-0.25, -0.2) is 0 Å². The highest BCUT2D eigenvalue weighted by Gasteiger charge is 2.23. The van der Waals surface area contributed by atoms with Crippen LogP contribution < -0.4 is 4.90 Å². The van der Waals surface area contributed by atoms with Crippen molar-refractivity contribution in [1.82, 2.24) is 0 Å². The van der Waals surface area contributed by atoms with Crippen LogP contribution in [-0.4, -0.2) is 0 Å². The van der Waals surface area contributed by atoms with Crippen molar-refractivity contribution in [3.05, 3.63) is 164 Å². The number of anilines is 3. The Balaban J connectivity index is 1.23. The monoisotopic (exact) mass is 601 g/mol. The molecular formula is C44H27NO2. The molecule has 0 aliphatic rings. The van der Waals surface area contributed by atoms with Crippen molar-refractivity contribution in [2.75, 3.05) is 4.90 Å². The molecule has 8 aromatic carbocycles. The molecule has 0 fully saturated rings. The van der Waals surface area contributed by atoms with E-state index in [4.69, 9.17) is 8.83 Å². The lowest BCUT2D eigenvalue weighted by atomic mass is 10.0. The van der Waals surface area contributed by atoms with Crippen LogP contribution >= 0.6 is 0 Å². The quantitative estimate of drug-likeness (QED) is 0.201. The van der Waals surface area contributed by atoms with Crippen LogP contribution in [0.15, 0.2) is 173 Å². The summed E-state index contributed by atoms with van der Waals surface area (Å²) in [5.41, 5.74) is 8.87. The van der Waals surface area contributed by atoms with Crippen molar-refractivity contribution in [3.8, 4) is 11.1 Å². The minimum atomic E-state index is 0.849. The molecule has 0 bridgehead atoms. The number of furan rings is 2. The molecule has 2 aromatic heterocycles. The first-order chi connectivity index (χ1) is 23.3. The SMILES string of the molecule is c1ccc2cc(-c3ccc(N(c4cccc5c4oc4c6ccccc6ccc54)c4cccc5oc6ccccc6c45)cc3)ccc2c1. The van der Waals surface area contributed by atoms with Gasteiger partial charge in [0, 0.05) is 27.2 Å². The number of hydrogen-bond acceptors (Lipinski definition) is 3. The van der Waals surface area contributed by atoms with E-state index in [9.17, 15) is 0 Å². The van der Waals surface area contributed by atoms with E-state index in [0.717, 1.165) is 71.7 Å². The van der Waals surface area contributed by atoms with Crippen LogP contribution in [0.1, 0.15) is 0 Å². The molecule has 0 N–H and O–H groups in total. The second-order valence-electron chi connectivity index (χ2n) is 12.1. The number of rotatable bonds is 4. The van der Waals surface area contributed by atoms with E-state index in [-0.39, 0.29) is 0 Å². The summed E-state index contributed by atoms with van der Waals surface area (Å²) in [5, 5.41) is 9.10. The molecule has 0 saturated carbocycles. The average Bonchev–Trinajstić information content (AvgIpc) is 3.72. The minimum Gasteiger partial charge on any atom is -0.456 e. The van der Waals surface area contributed by atoms with E-state index in [0.29, 0.717) is 0 Å². The number of fused-ring (bicyclic) bond motifs is 9. The third kappa shape index (κ3) is 4.00. The summed E-state index contributed by atoms with van der Waals surface area (Å²) in [4.78, 5) is 2.32. The first-order valence-corrected chi connectivity index (χ1v) is 15.9. The molecule has 0 spiro atoms. The molecule has 47 heavy (non-hydrogen) atoms. The summed E-state index contributed by atoms with van der Waals surface area (Å²) in [5.74, 6) is 0.